The molecule has 1 heterocycles. The minimum absolute atomic E-state index is 0.0827. The lowest BCUT2D eigenvalue weighted by molar-refractivity contribution is 0.0684. The van der Waals surface area contributed by atoms with Gasteiger partial charge in [-0.15, -0.1) is 0 Å². The Morgan fingerprint density at radius 2 is 1.86 bits per heavy atom. The molecule has 3 rings (SSSR count). The van der Waals surface area contributed by atoms with Crippen molar-refractivity contribution in [3.05, 3.63) is 70.3 Å². The first-order valence-corrected chi connectivity index (χ1v) is 10.6. The van der Waals surface area contributed by atoms with Crippen LogP contribution in [0, 0.1) is 0 Å². The normalized spacial score (nSPS) is 11.7. The molecule has 0 saturated heterocycles. The summed E-state index contributed by atoms with van der Waals surface area (Å²) < 4.78 is 23.6. The number of fused-ring (bicyclic) bond motifs is 1. The lowest BCUT2D eigenvalue weighted by Crippen LogP contribution is -2.37. The molecule has 0 fully saturated rings. The predicted molar refractivity (Wildman–Crippen MR) is 107 cm³/mol. The highest BCUT2D eigenvalue weighted by molar-refractivity contribution is 7.90. The Balaban J connectivity index is 1.97. The highest BCUT2D eigenvalue weighted by Crippen LogP contribution is 2.16. The highest BCUT2D eigenvalue weighted by atomic mass is 32.2. The Kier molecular flexibility index (Phi) is 5.33. The van der Waals surface area contributed by atoms with Crippen LogP contribution in [0.15, 0.2) is 58.2 Å². The number of hydrogen-bond acceptors (Lipinski definition) is 5. The van der Waals surface area contributed by atoms with Gasteiger partial charge in [0.05, 0.1) is 22.3 Å². The van der Waals surface area contributed by atoms with Crippen molar-refractivity contribution in [3.63, 3.8) is 0 Å². The molecule has 0 aliphatic rings. The summed E-state index contributed by atoms with van der Waals surface area (Å²) in [7, 11) is -3.42. The zero-order valence-electron chi connectivity index (χ0n) is 15.8. The van der Waals surface area contributed by atoms with Gasteiger partial charge in [-0.25, -0.2) is 13.4 Å². The summed E-state index contributed by atoms with van der Waals surface area (Å²) in [6, 6.07) is 12.7. The van der Waals surface area contributed by atoms with E-state index in [-0.39, 0.29) is 34.5 Å². The molecule has 2 aromatic carbocycles. The largest absolute Gasteiger partial charge is 0.329 e. The van der Waals surface area contributed by atoms with Crippen LogP contribution in [0.4, 0.5) is 0 Å². The molecule has 0 atom stereocenters. The third kappa shape index (κ3) is 4.12. The van der Waals surface area contributed by atoms with E-state index in [0.29, 0.717) is 16.7 Å². The number of nitrogens with zero attached hydrogens (tertiary/aromatic N) is 2. The fraction of sp³-hybridized carbons (Fsp3) is 0.250. The van der Waals surface area contributed by atoms with Crippen LogP contribution in [0.2, 0.25) is 0 Å². The lowest BCUT2D eigenvalue weighted by Gasteiger charge is -2.26. The zero-order chi connectivity index (χ0) is 20.5. The monoisotopic (exact) mass is 399 g/mol. The Morgan fingerprint density at radius 3 is 2.54 bits per heavy atom. The van der Waals surface area contributed by atoms with E-state index in [0.717, 1.165) is 6.26 Å². The van der Waals surface area contributed by atoms with Crippen molar-refractivity contribution in [2.45, 2.75) is 31.3 Å². The van der Waals surface area contributed by atoms with Crippen molar-refractivity contribution >= 4 is 26.6 Å². The third-order valence-electron chi connectivity index (χ3n) is 4.38. The van der Waals surface area contributed by atoms with Gasteiger partial charge >= 0.3 is 0 Å². The molecule has 8 heteroatoms. The second kappa shape index (κ2) is 7.55. The Bertz CT molecular complexity index is 1200. The number of benzene rings is 2. The molecule has 0 aliphatic carbocycles. The maximum Gasteiger partial charge on any atom is 0.258 e. The number of sulfone groups is 1. The van der Waals surface area contributed by atoms with Gasteiger partial charge in [-0.1, -0.05) is 18.2 Å². The van der Waals surface area contributed by atoms with Crippen molar-refractivity contribution in [1.82, 2.24) is 14.9 Å². The highest BCUT2D eigenvalue weighted by Gasteiger charge is 2.21. The second-order valence-corrected chi connectivity index (χ2v) is 8.87. The number of hydrogen-bond donors (Lipinski definition) is 1. The summed E-state index contributed by atoms with van der Waals surface area (Å²) in [5.74, 6) is 0.0290. The summed E-state index contributed by atoms with van der Waals surface area (Å²) in [5, 5.41) is 0.481. The number of aromatic amines is 1. The van der Waals surface area contributed by atoms with Crippen molar-refractivity contribution in [2.75, 3.05) is 6.26 Å². The van der Waals surface area contributed by atoms with E-state index < -0.39 is 9.84 Å². The summed E-state index contributed by atoms with van der Waals surface area (Å²) in [5.41, 5.74) is 0.548. The summed E-state index contributed by atoms with van der Waals surface area (Å²) >= 11 is 0. The number of carbonyl (C=O) groups excluding carboxylic acids is 1. The van der Waals surface area contributed by atoms with Crippen LogP contribution in [-0.2, 0) is 16.4 Å². The van der Waals surface area contributed by atoms with Crippen LogP contribution < -0.4 is 5.56 Å². The maximum atomic E-state index is 13.0. The minimum atomic E-state index is -3.42. The van der Waals surface area contributed by atoms with Gasteiger partial charge in [0.25, 0.3) is 11.5 Å². The molecular weight excluding hydrogens is 378 g/mol. The van der Waals surface area contributed by atoms with Crippen LogP contribution in [0.3, 0.4) is 0 Å². The van der Waals surface area contributed by atoms with E-state index in [1.54, 1.807) is 30.3 Å². The SMILES string of the molecule is CC(C)N(Cc1nc2ccccc2c(=O)[nH]1)C(=O)c1cccc(S(C)(=O)=O)c1. The van der Waals surface area contributed by atoms with Crippen LogP contribution >= 0.6 is 0 Å². The van der Waals surface area contributed by atoms with Gasteiger partial charge in [-0.3, -0.25) is 9.59 Å². The molecule has 1 aromatic heterocycles. The van der Waals surface area contributed by atoms with E-state index in [1.807, 2.05) is 13.8 Å². The summed E-state index contributed by atoms with van der Waals surface area (Å²) in [4.78, 5) is 34.1. The smallest absolute Gasteiger partial charge is 0.258 e. The Hall–Kier alpha value is -3.00. The van der Waals surface area contributed by atoms with Crippen molar-refractivity contribution < 1.29 is 13.2 Å². The number of aromatic nitrogens is 2. The molecule has 28 heavy (non-hydrogen) atoms. The number of rotatable bonds is 5. The van der Waals surface area contributed by atoms with E-state index in [1.165, 1.54) is 23.1 Å². The van der Waals surface area contributed by atoms with Crippen LogP contribution in [0.25, 0.3) is 10.9 Å². The van der Waals surface area contributed by atoms with Gasteiger partial charge < -0.3 is 9.88 Å². The molecule has 3 aromatic rings. The Morgan fingerprint density at radius 1 is 1.14 bits per heavy atom. The van der Waals surface area contributed by atoms with Crippen LogP contribution in [0.1, 0.15) is 30.0 Å². The van der Waals surface area contributed by atoms with E-state index >= 15 is 0 Å². The van der Waals surface area contributed by atoms with Crippen LogP contribution in [-0.4, -0.2) is 41.5 Å². The molecule has 0 radical (unpaired) electrons. The lowest BCUT2D eigenvalue weighted by atomic mass is 10.1. The van der Waals surface area contributed by atoms with Gasteiger partial charge in [-0.2, -0.15) is 0 Å². The number of para-hydroxylation sites is 1. The molecular formula is C20H21N3O4S. The van der Waals surface area contributed by atoms with Gasteiger partial charge in [0.2, 0.25) is 0 Å². The van der Waals surface area contributed by atoms with Gasteiger partial charge in [0, 0.05) is 17.9 Å². The third-order valence-corrected chi connectivity index (χ3v) is 5.49. The quantitative estimate of drug-likeness (QED) is 0.710. The van der Waals surface area contributed by atoms with Crippen molar-refractivity contribution in [1.29, 1.82) is 0 Å². The van der Waals surface area contributed by atoms with Crippen molar-refractivity contribution in [2.24, 2.45) is 0 Å². The number of nitrogens with one attached hydrogen (secondary N) is 1. The average Bonchev–Trinajstić information content (AvgIpc) is 2.65. The molecule has 0 bridgehead atoms. The van der Waals surface area contributed by atoms with Crippen molar-refractivity contribution in [3.8, 4) is 0 Å². The zero-order valence-corrected chi connectivity index (χ0v) is 16.7. The predicted octanol–water partition coefficient (Wildman–Crippen LogP) is 2.38. The fourth-order valence-corrected chi connectivity index (χ4v) is 3.55. The number of amides is 1. The van der Waals surface area contributed by atoms with Gasteiger partial charge in [-0.05, 0) is 44.2 Å². The first kappa shape index (κ1) is 19.8. The number of carbonyl (C=O) groups is 1. The first-order chi connectivity index (χ1) is 13.2. The average molecular weight is 399 g/mol. The second-order valence-electron chi connectivity index (χ2n) is 6.86. The number of H-pyrrole nitrogens is 1. The molecule has 1 N–H and O–H groups in total. The minimum Gasteiger partial charge on any atom is -0.329 e. The Labute approximate surface area is 163 Å². The molecule has 7 nitrogen and oxygen atoms in total. The topological polar surface area (TPSA) is 100 Å². The molecule has 1 amide bonds. The van der Waals surface area contributed by atoms with Crippen LogP contribution in [0.5, 0.6) is 0 Å². The molecule has 0 unspecified atom stereocenters. The summed E-state index contributed by atoms with van der Waals surface area (Å²) in [6.45, 7) is 3.79. The van der Waals surface area contributed by atoms with E-state index in [9.17, 15) is 18.0 Å². The molecule has 0 aliphatic heterocycles. The summed E-state index contributed by atoms with van der Waals surface area (Å²) in [6.07, 6.45) is 1.10. The molecule has 0 saturated carbocycles. The fourth-order valence-electron chi connectivity index (χ4n) is 2.89. The van der Waals surface area contributed by atoms with Gasteiger partial charge in [0.15, 0.2) is 9.84 Å². The van der Waals surface area contributed by atoms with E-state index in [4.69, 9.17) is 0 Å². The maximum absolute atomic E-state index is 13.0. The molecule has 146 valence electrons. The molecule has 0 spiro atoms. The van der Waals surface area contributed by atoms with E-state index in [2.05, 4.69) is 9.97 Å². The van der Waals surface area contributed by atoms with Gasteiger partial charge in [0.1, 0.15) is 5.82 Å². The standard InChI is InChI=1S/C20H21N3O4S/c1-13(2)23(20(25)14-7-6-8-15(11-14)28(3,26)27)12-18-21-17-10-5-4-9-16(17)19(24)22-18/h4-11,13H,12H2,1-3H3,(H,21,22,24). The first-order valence-electron chi connectivity index (χ1n) is 8.76.